The smallest absolute Gasteiger partial charge is 0.338 e. The molecule has 0 aliphatic heterocycles. The number of hydrogen-bond acceptors (Lipinski definition) is 4. The lowest BCUT2D eigenvalue weighted by Crippen LogP contribution is -2.23. The number of rotatable bonds is 7. The summed E-state index contributed by atoms with van der Waals surface area (Å²) in [5.74, 6) is -0.798. The lowest BCUT2D eigenvalue weighted by Gasteiger charge is -2.18. The van der Waals surface area contributed by atoms with Gasteiger partial charge in [-0.15, -0.1) is 0 Å². The maximum Gasteiger partial charge on any atom is 0.338 e. The van der Waals surface area contributed by atoms with Gasteiger partial charge in [-0.2, -0.15) is 0 Å². The summed E-state index contributed by atoms with van der Waals surface area (Å²) < 4.78 is 10.7. The van der Waals surface area contributed by atoms with E-state index in [1.807, 2.05) is 36.4 Å². The maximum atomic E-state index is 12.0. The predicted molar refractivity (Wildman–Crippen MR) is 97.0 cm³/mol. The van der Waals surface area contributed by atoms with Crippen LogP contribution in [0.2, 0.25) is 0 Å². The predicted octanol–water partition coefficient (Wildman–Crippen LogP) is 4.27. The van der Waals surface area contributed by atoms with E-state index in [-0.39, 0.29) is 18.2 Å². The Hall–Kier alpha value is -2.88. The highest BCUT2D eigenvalue weighted by Gasteiger charge is 2.16. The second-order valence-corrected chi connectivity index (χ2v) is 5.81. The van der Waals surface area contributed by atoms with Crippen molar-refractivity contribution in [3.05, 3.63) is 77.9 Å². The Balaban J connectivity index is 1.77. The van der Waals surface area contributed by atoms with E-state index in [9.17, 15) is 9.59 Å². The summed E-state index contributed by atoms with van der Waals surface area (Å²) in [5.41, 5.74) is 1.43. The number of carbonyl (C=O) groups is 2. The quantitative estimate of drug-likeness (QED) is 0.559. The first-order valence-electron chi connectivity index (χ1n) is 8.24. The molecule has 0 aliphatic rings. The molecule has 0 saturated heterocycles. The molecule has 0 fully saturated rings. The van der Waals surface area contributed by atoms with Gasteiger partial charge in [0.2, 0.25) is 0 Å². The molecule has 0 aromatic heterocycles. The number of benzene rings is 2. The van der Waals surface area contributed by atoms with Gasteiger partial charge in [-0.25, -0.2) is 9.59 Å². The van der Waals surface area contributed by atoms with E-state index in [4.69, 9.17) is 9.47 Å². The van der Waals surface area contributed by atoms with Gasteiger partial charge in [0.25, 0.3) is 0 Å². The van der Waals surface area contributed by atoms with E-state index in [0.29, 0.717) is 12.0 Å². The molecule has 2 unspecified atom stereocenters. The Morgan fingerprint density at radius 3 is 2.08 bits per heavy atom. The summed E-state index contributed by atoms with van der Waals surface area (Å²) in [6.07, 6.45) is 2.82. The van der Waals surface area contributed by atoms with E-state index >= 15 is 0 Å². The van der Waals surface area contributed by atoms with Crippen LogP contribution >= 0.6 is 0 Å². The largest absolute Gasteiger partial charge is 0.459 e. The molecule has 0 spiro atoms. The fraction of sp³-hybridized carbons (Fsp3) is 0.238. The fourth-order valence-electron chi connectivity index (χ4n) is 2.35. The third kappa shape index (κ3) is 6.63. The van der Waals surface area contributed by atoms with Crippen LogP contribution < -0.4 is 0 Å². The molecule has 2 aromatic carbocycles. The van der Waals surface area contributed by atoms with Crippen LogP contribution in [0.3, 0.4) is 0 Å². The Morgan fingerprint density at radius 1 is 0.880 bits per heavy atom. The summed E-state index contributed by atoms with van der Waals surface area (Å²) in [6.45, 7) is 3.56. The Bertz CT molecular complexity index is 707. The van der Waals surface area contributed by atoms with Crippen molar-refractivity contribution in [1.29, 1.82) is 0 Å². The highest BCUT2D eigenvalue weighted by Crippen LogP contribution is 2.10. The molecule has 0 radical (unpaired) electrons. The van der Waals surface area contributed by atoms with Gasteiger partial charge < -0.3 is 9.47 Å². The zero-order valence-electron chi connectivity index (χ0n) is 14.4. The van der Waals surface area contributed by atoms with Gasteiger partial charge >= 0.3 is 11.9 Å². The SMILES string of the molecule is CC(CC(C)OC(=O)c1ccccc1)OC(=O)C=Cc1ccccc1. The van der Waals surface area contributed by atoms with Crippen LogP contribution in [0.15, 0.2) is 66.7 Å². The number of carbonyl (C=O) groups excluding carboxylic acids is 2. The van der Waals surface area contributed by atoms with Crippen molar-refractivity contribution >= 4 is 18.0 Å². The summed E-state index contributed by atoms with van der Waals surface area (Å²) in [5, 5.41) is 0. The van der Waals surface area contributed by atoms with E-state index in [1.165, 1.54) is 6.08 Å². The van der Waals surface area contributed by atoms with Crippen LogP contribution in [0.1, 0.15) is 36.2 Å². The van der Waals surface area contributed by atoms with Crippen LogP contribution in [0.25, 0.3) is 6.08 Å². The molecule has 0 heterocycles. The van der Waals surface area contributed by atoms with Crippen LogP contribution in [0.5, 0.6) is 0 Å². The van der Waals surface area contributed by atoms with Crippen molar-refractivity contribution in [2.24, 2.45) is 0 Å². The first kappa shape index (κ1) is 18.5. The lowest BCUT2D eigenvalue weighted by atomic mass is 10.2. The Labute approximate surface area is 148 Å². The number of esters is 2. The van der Waals surface area contributed by atoms with Gasteiger partial charge in [-0.1, -0.05) is 48.5 Å². The second kappa shape index (κ2) is 9.42. The van der Waals surface area contributed by atoms with Gasteiger partial charge in [0.1, 0.15) is 12.2 Å². The molecule has 0 amide bonds. The molecule has 2 rings (SSSR count). The molecule has 4 heteroatoms. The van der Waals surface area contributed by atoms with E-state index in [0.717, 1.165) is 5.56 Å². The average molecular weight is 338 g/mol. The average Bonchev–Trinajstić information content (AvgIpc) is 2.61. The van der Waals surface area contributed by atoms with Gasteiger partial charge in [0.15, 0.2) is 0 Å². The number of ether oxygens (including phenoxy) is 2. The summed E-state index contributed by atoms with van der Waals surface area (Å²) >= 11 is 0. The minimum Gasteiger partial charge on any atom is -0.459 e. The standard InChI is InChI=1S/C21H22O4/c1-16(24-20(22)14-13-18-9-5-3-6-10-18)15-17(2)25-21(23)19-11-7-4-8-12-19/h3-14,16-17H,15H2,1-2H3. The summed E-state index contributed by atoms with van der Waals surface area (Å²) in [4.78, 5) is 23.8. The first-order chi connectivity index (χ1) is 12.0. The molecular formula is C21H22O4. The van der Waals surface area contributed by atoms with Crippen LogP contribution in [-0.4, -0.2) is 24.1 Å². The monoisotopic (exact) mass is 338 g/mol. The second-order valence-electron chi connectivity index (χ2n) is 5.81. The third-order valence-electron chi connectivity index (χ3n) is 3.51. The van der Waals surface area contributed by atoms with E-state index in [1.54, 1.807) is 44.2 Å². The third-order valence-corrected chi connectivity index (χ3v) is 3.51. The topological polar surface area (TPSA) is 52.6 Å². The molecule has 0 bridgehead atoms. The molecule has 2 atom stereocenters. The van der Waals surface area contributed by atoms with Crippen LogP contribution in [-0.2, 0) is 14.3 Å². The molecule has 2 aromatic rings. The normalized spacial score (nSPS) is 13.2. The molecule has 4 nitrogen and oxygen atoms in total. The fourth-order valence-corrected chi connectivity index (χ4v) is 2.35. The molecule has 0 N–H and O–H groups in total. The number of hydrogen-bond donors (Lipinski definition) is 0. The molecular weight excluding hydrogens is 316 g/mol. The zero-order valence-corrected chi connectivity index (χ0v) is 14.4. The van der Waals surface area contributed by atoms with Crippen molar-refractivity contribution < 1.29 is 19.1 Å². The van der Waals surface area contributed by atoms with Crippen LogP contribution in [0.4, 0.5) is 0 Å². The minimum atomic E-state index is -0.419. The molecule has 130 valence electrons. The van der Waals surface area contributed by atoms with Crippen molar-refractivity contribution in [2.75, 3.05) is 0 Å². The zero-order chi connectivity index (χ0) is 18.1. The summed E-state index contributed by atoms with van der Waals surface area (Å²) in [6, 6.07) is 18.3. The maximum absolute atomic E-state index is 12.0. The van der Waals surface area contributed by atoms with Crippen molar-refractivity contribution in [1.82, 2.24) is 0 Å². The molecule has 0 aliphatic carbocycles. The van der Waals surface area contributed by atoms with Crippen LogP contribution in [0, 0.1) is 0 Å². The van der Waals surface area contributed by atoms with Crippen molar-refractivity contribution in [3.8, 4) is 0 Å². The highest BCUT2D eigenvalue weighted by atomic mass is 16.6. The Morgan fingerprint density at radius 2 is 1.44 bits per heavy atom. The van der Waals surface area contributed by atoms with Crippen molar-refractivity contribution in [2.45, 2.75) is 32.5 Å². The van der Waals surface area contributed by atoms with Crippen molar-refractivity contribution in [3.63, 3.8) is 0 Å². The van der Waals surface area contributed by atoms with E-state index < -0.39 is 5.97 Å². The summed E-state index contributed by atoms with van der Waals surface area (Å²) in [7, 11) is 0. The van der Waals surface area contributed by atoms with Gasteiger partial charge in [0.05, 0.1) is 5.56 Å². The van der Waals surface area contributed by atoms with E-state index in [2.05, 4.69) is 0 Å². The minimum absolute atomic E-state index is 0.353. The van der Waals surface area contributed by atoms with Gasteiger partial charge in [-0.3, -0.25) is 0 Å². The van der Waals surface area contributed by atoms with Gasteiger partial charge in [0, 0.05) is 12.5 Å². The highest BCUT2D eigenvalue weighted by molar-refractivity contribution is 5.89. The lowest BCUT2D eigenvalue weighted by molar-refractivity contribution is -0.143. The Kier molecular flexibility index (Phi) is 6.96. The van der Waals surface area contributed by atoms with Gasteiger partial charge in [-0.05, 0) is 37.6 Å². The molecule has 25 heavy (non-hydrogen) atoms. The molecule has 0 saturated carbocycles. The first-order valence-corrected chi connectivity index (χ1v) is 8.24.